The highest BCUT2D eigenvalue weighted by atomic mass is 79.9. The van der Waals surface area contributed by atoms with Crippen LogP contribution in [0, 0.1) is 0 Å². The summed E-state index contributed by atoms with van der Waals surface area (Å²) in [5.74, 6) is -0.172. The van der Waals surface area contributed by atoms with Gasteiger partial charge in [-0.3, -0.25) is 4.79 Å². The van der Waals surface area contributed by atoms with Crippen molar-refractivity contribution in [2.24, 2.45) is 0 Å². The predicted molar refractivity (Wildman–Crippen MR) is 58.0 cm³/mol. The summed E-state index contributed by atoms with van der Waals surface area (Å²) in [6.07, 6.45) is 0.740. The number of carbonyl (C=O) groups is 1. The van der Waals surface area contributed by atoms with Gasteiger partial charge in [0.15, 0.2) is 0 Å². The van der Waals surface area contributed by atoms with Gasteiger partial charge in [0.25, 0.3) is 0 Å². The predicted octanol–water partition coefficient (Wildman–Crippen LogP) is 3.71. The molecule has 0 aliphatic carbocycles. The quantitative estimate of drug-likeness (QED) is 0.758. The van der Waals surface area contributed by atoms with Gasteiger partial charge in [0.2, 0.25) is 5.24 Å². The van der Waals surface area contributed by atoms with Gasteiger partial charge in [-0.05, 0) is 35.7 Å². The minimum atomic E-state index is -0.287. The second-order valence-corrected chi connectivity index (χ2v) is 4.10. The van der Waals surface area contributed by atoms with Gasteiger partial charge in [0, 0.05) is 4.47 Å². The first-order chi connectivity index (χ1) is 6.15. The number of carbonyl (C=O) groups excluding carboxylic acids is 1. The molecule has 0 fully saturated rings. The Morgan fingerprint density at radius 3 is 2.38 bits per heavy atom. The smallest absolute Gasteiger partial charge is 0.229 e. The van der Waals surface area contributed by atoms with E-state index in [0.29, 0.717) is 0 Å². The fraction of sp³-hybridized carbons (Fsp3) is 0.300. The van der Waals surface area contributed by atoms with Crippen molar-refractivity contribution in [3.63, 3.8) is 0 Å². The molecule has 1 aromatic rings. The molecule has 0 amide bonds. The molecule has 1 atom stereocenters. The summed E-state index contributed by atoms with van der Waals surface area (Å²) in [5, 5.41) is -0.287. The van der Waals surface area contributed by atoms with Crippen LogP contribution in [0.3, 0.4) is 0 Å². The Labute approximate surface area is 91.2 Å². The van der Waals surface area contributed by atoms with Crippen molar-refractivity contribution in [1.82, 2.24) is 0 Å². The maximum Gasteiger partial charge on any atom is 0.229 e. The molecule has 0 radical (unpaired) electrons. The first-order valence-electron chi connectivity index (χ1n) is 4.10. The summed E-state index contributed by atoms with van der Waals surface area (Å²) >= 11 is 8.80. The van der Waals surface area contributed by atoms with Gasteiger partial charge in [0.1, 0.15) is 0 Å². The number of halogens is 2. The molecular weight excluding hydrogens is 251 g/mol. The summed E-state index contributed by atoms with van der Waals surface area (Å²) in [5.41, 5.74) is 0.978. The maximum atomic E-state index is 11.0. The van der Waals surface area contributed by atoms with Crippen molar-refractivity contribution in [2.45, 2.75) is 19.3 Å². The molecule has 0 aliphatic heterocycles. The van der Waals surface area contributed by atoms with Gasteiger partial charge in [-0.2, -0.15) is 0 Å². The van der Waals surface area contributed by atoms with E-state index in [9.17, 15) is 4.79 Å². The van der Waals surface area contributed by atoms with E-state index < -0.39 is 0 Å². The minimum absolute atomic E-state index is 0.172. The second-order valence-electron chi connectivity index (χ2n) is 2.82. The first kappa shape index (κ1) is 10.7. The number of hydrogen-bond acceptors (Lipinski definition) is 1. The molecule has 3 heteroatoms. The van der Waals surface area contributed by atoms with Crippen molar-refractivity contribution in [2.75, 3.05) is 0 Å². The minimum Gasteiger partial charge on any atom is -0.281 e. The molecule has 0 saturated carbocycles. The van der Waals surface area contributed by atoms with Crippen LogP contribution in [0.1, 0.15) is 24.8 Å². The average molecular weight is 262 g/mol. The molecule has 70 valence electrons. The third-order valence-electron chi connectivity index (χ3n) is 1.95. The van der Waals surface area contributed by atoms with Crippen LogP contribution in [-0.2, 0) is 4.79 Å². The molecule has 1 unspecified atom stereocenters. The van der Waals surface area contributed by atoms with Crippen LogP contribution in [0.25, 0.3) is 0 Å². The molecule has 0 spiro atoms. The van der Waals surface area contributed by atoms with Crippen LogP contribution in [0.2, 0.25) is 0 Å². The summed E-state index contributed by atoms with van der Waals surface area (Å²) in [4.78, 5) is 11.0. The zero-order chi connectivity index (χ0) is 9.84. The Hall–Kier alpha value is -0.340. The molecule has 0 saturated heterocycles. The molecule has 0 bridgehead atoms. The molecule has 1 nitrogen and oxygen atoms in total. The van der Waals surface area contributed by atoms with Gasteiger partial charge in [-0.15, -0.1) is 0 Å². The maximum absolute atomic E-state index is 11.0. The third-order valence-corrected chi connectivity index (χ3v) is 2.75. The normalized spacial score (nSPS) is 12.5. The Kier molecular flexibility index (Phi) is 3.94. The van der Waals surface area contributed by atoms with Gasteiger partial charge < -0.3 is 0 Å². The average Bonchev–Trinajstić information content (AvgIpc) is 2.09. The largest absolute Gasteiger partial charge is 0.281 e. The fourth-order valence-electron chi connectivity index (χ4n) is 1.22. The van der Waals surface area contributed by atoms with Crippen LogP contribution in [0.4, 0.5) is 0 Å². The van der Waals surface area contributed by atoms with Gasteiger partial charge in [-0.25, -0.2) is 0 Å². The van der Waals surface area contributed by atoms with E-state index in [-0.39, 0.29) is 11.2 Å². The highest BCUT2D eigenvalue weighted by Crippen LogP contribution is 2.23. The molecule has 0 N–H and O–H groups in total. The zero-order valence-electron chi connectivity index (χ0n) is 7.26. The van der Waals surface area contributed by atoms with E-state index in [4.69, 9.17) is 11.6 Å². The monoisotopic (exact) mass is 260 g/mol. The summed E-state index contributed by atoms with van der Waals surface area (Å²) in [6.45, 7) is 1.95. The SMILES string of the molecule is CCC(C(=O)Cl)c1ccc(Br)cc1. The van der Waals surface area contributed by atoms with Crippen LogP contribution in [-0.4, -0.2) is 5.24 Å². The van der Waals surface area contributed by atoms with Crippen molar-refractivity contribution < 1.29 is 4.79 Å². The molecular formula is C10H10BrClO. The third kappa shape index (κ3) is 2.82. The Morgan fingerprint density at radius 1 is 1.46 bits per heavy atom. The van der Waals surface area contributed by atoms with Crippen LogP contribution in [0.15, 0.2) is 28.7 Å². The molecule has 1 rings (SSSR count). The second kappa shape index (κ2) is 4.77. The lowest BCUT2D eigenvalue weighted by molar-refractivity contribution is -0.113. The highest BCUT2D eigenvalue weighted by molar-refractivity contribution is 9.10. The van der Waals surface area contributed by atoms with Crippen molar-refractivity contribution in [3.8, 4) is 0 Å². The first-order valence-corrected chi connectivity index (χ1v) is 5.27. The zero-order valence-corrected chi connectivity index (χ0v) is 9.60. The van der Waals surface area contributed by atoms with E-state index in [1.165, 1.54) is 0 Å². The van der Waals surface area contributed by atoms with E-state index in [1.807, 2.05) is 31.2 Å². The highest BCUT2D eigenvalue weighted by Gasteiger charge is 2.15. The lowest BCUT2D eigenvalue weighted by Gasteiger charge is -2.09. The Bertz CT molecular complexity index is 294. The van der Waals surface area contributed by atoms with Crippen molar-refractivity contribution in [1.29, 1.82) is 0 Å². The Morgan fingerprint density at radius 2 is 2.00 bits per heavy atom. The molecule has 1 aromatic carbocycles. The molecule has 13 heavy (non-hydrogen) atoms. The number of rotatable bonds is 3. The van der Waals surface area contributed by atoms with E-state index >= 15 is 0 Å². The van der Waals surface area contributed by atoms with E-state index in [2.05, 4.69) is 15.9 Å². The van der Waals surface area contributed by atoms with Crippen LogP contribution in [0.5, 0.6) is 0 Å². The van der Waals surface area contributed by atoms with Crippen molar-refractivity contribution in [3.05, 3.63) is 34.3 Å². The molecule has 0 aliphatic rings. The number of benzene rings is 1. The lowest BCUT2D eigenvalue weighted by Crippen LogP contribution is -2.04. The number of hydrogen-bond donors (Lipinski definition) is 0. The van der Waals surface area contributed by atoms with Gasteiger partial charge >= 0.3 is 0 Å². The molecule has 0 aromatic heterocycles. The van der Waals surface area contributed by atoms with Gasteiger partial charge in [-0.1, -0.05) is 35.0 Å². The summed E-state index contributed by atoms with van der Waals surface area (Å²) in [7, 11) is 0. The standard InChI is InChI=1S/C10H10BrClO/c1-2-9(10(12)13)7-3-5-8(11)6-4-7/h3-6,9H,2H2,1H3. The van der Waals surface area contributed by atoms with E-state index in [1.54, 1.807) is 0 Å². The topological polar surface area (TPSA) is 17.1 Å². The van der Waals surface area contributed by atoms with Crippen molar-refractivity contribution >= 4 is 32.8 Å². The Balaban J connectivity index is 2.92. The molecule has 0 heterocycles. The fourth-order valence-corrected chi connectivity index (χ4v) is 1.77. The lowest BCUT2D eigenvalue weighted by atomic mass is 9.98. The van der Waals surface area contributed by atoms with Crippen LogP contribution >= 0.6 is 27.5 Å². The van der Waals surface area contributed by atoms with Gasteiger partial charge in [0.05, 0.1) is 5.92 Å². The van der Waals surface area contributed by atoms with Crippen LogP contribution < -0.4 is 0 Å². The summed E-state index contributed by atoms with van der Waals surface area (Å²) in [6, 6.07) is 7.66. The van der Waals surface area contributed by atoms with E-state index in [0.717, 1.165) is 16.5 Å². The summed E-state index contributed by atoms with van der Waals surface area (Å²) < 4.78 is 1.01.